The standard InChI is InChI=1S/C63H49Cl2FN4O10S/c1-73-45-21-15-41(16-22-45)63(40-9-5-4-6-10-40,42-17-23-46(74-2)24-18-42)78-35-48-34-76-47-25-26-52(77-33-44-27-28-67-59(70-44)49-11-7-8-12-53(49)75-3)38(29-47)32-54(62(71)72)80-60-56-55(39-30-50(64)57(79-48)51(65)31-39)58(81-61(56)69-36-68-60)37-13-19-43(66)20-14-37/h4-31,36,48,54H,32-35H2,1-3H3,(H,71,72)/t48-,54+/m0/s1. The SMILES string of the molecule is COc1ccc(C(OC[C@@H]2COc3ccc(OCc4ccnc(-c5ccccc5OC)n4)c(c3)C[C@H](C(=O)O)Oc3ncnc4sc(-c5ccc(F)cc5)c(c34)-c3cc(Cl)c(c(Cl)c3)O2)(c2ccccc2)c2ccc(OC)cc2)cc1. The third kappa shape index (κ3) is 11.4. The summed E-state index contributed by atoms with van der Waals surface area (Å²) in [5.41, 5.74) is 4.39. The number of rotatable bonds is 15. The molecule has 0 amide bonds. The number of methoxy groups -OCH3 is 3. The fraction of sp³-hybridized carbons (Fsp3) is 0.159. The fourth-order valence-electron chi connectivity index (χ4n) is 9.70. The number of nitrogens with zero attached hydrogens (tertiary/aromatic N) is 4. The van der Waals surface area contributed by atoms with Gasteiger partial charge in [0, 0.05) is 28.6 Å². The normalized spacial score (nSPS) is 14.2. The molecule has 3 aromatic heterocycles. The fourth-order valence-corrected chi connectivity index (χ4v) is 11.4. The Balaban J connectivity index is 1.04. The molecule has 2 aliphatic rings. The molecule has 0 fully saturated rings. The maximum Gasteiger partial charge on any atom is 0.345 e. The number of benzene rings is 7. The van der Waals surface area contributed by atoms with Gasteiger partial charge in [-0.05, 0) is 113 Å². The van der Waals surface area contributed by atoms with Gasteiger partial charge >= 0.3 is 5.97 Å². The maximum atomic E-state index is 14.5. The van der Waals surface area contributed by atoms with Crippen LogP contribution >= 0.6 is 34.5 Å². The summed E-state index contributed by atoms with van der Waals surface area (Å²) in [4.78, 5) is 33.0. The molecule has 4 bridgehead atoms. The number of fused-ring (bicyclic) bond motifs is 7. The van der Waals surface area contributed by atoms with Crippen molar-refractivity contribution in [3.63, 3.8) is 0 Å². The van der Waals surface area contributed by atoms with Gasteiger partial charge in [-0.2, -0.15) is 0 Å². The Kier molecular flexibility index (Phi) is 16.0. The van der Waals surface area contributed by atoms with Crippen LogP contribution in [-0.4, -0.2) is 77.8 Å². The van der Waals surface area contributed by atoms with E-state index in [1.807, 2.05) is 103 Å². The molecule has 408 valence electrons. The lowest BCUT2D eigenvalue weighted by Gasteiger charge is -2.37. The molecule has 10 aromatic rings. The van der Waals surface area contributed by atoms with E-state index in [2.05, 4.69) is 15.0 Å². The number of halogens is 3. The van der Waals surface area contributed by atoms with Crippen LogP contribution < -0.4 is 33.2 Å². The zero-order valence-corrected chi connectivity index (χ0v) is 46.0. The largest absolute Gasteiger partial charge is 0.497 e. The Morgan fingerprint density at radius 3 is 2.09 bits per heavy atom. The Labute approximate surface area is 479 Å². The smallest absolute Gasteiger partial charge is 0.345 e. The average Bonchev–Trinajstić information content (AvgIpc) is 4.06. The molecular formula is C63H49Cl2FN4O10S. The molecule has 5 heterocycles. The van der Waals surface area contributed by atoms with Crippen molar-refractivity contribution in [3.8, 4) is 73.3 Å². The van der Waals surface area contributed by atoms with Gasteiger partial charge in [0.25, 0.3) is 0 Å². The van der Waals surface area contributed by atoms with Crippen LogP contribution in [0.15, 0.2) is 176 Å². The molecule has 18 heteroatoms. The molecule has 0 unspecified atom stereocenters. The number of para-hydroxylation sites is 1. The molecule has 0 saturated heterocycles. The van der Waals surface area contributed by atoms with E-state index in [9.17, 15) is 14.3 Å². The molecule has 7 aromatic carbocycles. The van der Waals surface area contributed by atoms with Crippen molar-refractivity contribution in [2.45, 2.75) is 30.8 Å². The lowest BCUT2D eigenvalue weighted by atomic mass is 9.80. The van der Waals surface area contributed by atoms with Gasteiger partial charge in [0.15, 0.2) is 17.7 Å². The van der Waals surface area contributed by atoms with E-state index in [1.165, 1.54) is 29.8 Å². The predicted molar refractivity (Wildman–Crippen MR) is 307 cm³/mol. The quantitative estimate of drug-likeness (QED) is 0.0965. The molecule has 12 rings (SSSR count). The highest BCUT2D eigenvalue weighted by atomic mass is 35.5. The van der Waals surface area contributed by atoms with E-state index >= 15 is 0 Å². The molecule has 14 nitrogen and oxygen atoms in total. The number of aromatic nitrogens is 4. The van der Waals surface area contributed by atoms with Gasteiger partial charge in [-0.3, -0.25) is 0 Å². The zero-order chi connectivity index (χ0) is 56.0. The molecule has 0 spiro atoms. The molecule has 0 aliphatic carbocycles. The van der Waals surface area contributed by atoms with Gasteiger partial charge in [0.05, 0.1) is 54.6 Å². The Morgan fingerprint density at radius 1 is 0.728 bits per heavy atom. The molecule has 0 saturated carbocycles. The summed E-state index contributed by atoms with van der Waals surface area (Å²) in [7, 11) is 4.80. The second-order valence-corrected chi connectivity index (χ2v) is 20.4. The molecule has 2 aliphatic heterocycles. The lowest BCUT2D eigenvalue weighted by molar-refractivity contribution is -0.145. The Bertz CT molecular complexity index is 3800. The van der Waals surface area contributed by atoms with Crippen molar-refractivity contribution in [1.29, 1.82) is 0 Å². The number of carbonyl (C=O) groups is 1. The number of ether oxygens (including phenoxy) is 8. The van der Waals surface area contributed by atoms with E-state index in [4.69, 9.17) is 66.1 Å². The Morgan fingerprint density at radius 2 is 1.41 bits per heavy atom. The minimum absolute atomic E-state index is 0.0228. The summed E-state index contributed by atoms with van der Waals surface area (Å²) in [6.45, 7) is -0.285. The van der Waals surface area contributed by atoms with Crippen molar-refractivity contribution in [2.24, 2.45) is 0 Å². The summed E-state index contributed by atoms with van der Waals surface area (Å²) in [5, 5.41) is 11.6. The van der Waals surface area contributed by atoms with Gasteiger partial charge in [-0.15, -0.1) is 11.3 Å². The topological polar surface area (TPSA) is 163 Å². The van der Waals surface area contributed by atoms with Crippen LogP contribution in [0.3, 0.4) is 0 Å². The molecule has 2 atom stereocenters. The number of hydrogen-bond donors (Lipinski definition) is 1. The summed E-state index contributed by atoms with van der Waals surface area (Å²) in [5.74, 6) is 1.38. The molecule has 1 N–H and O–H groups in total. The van der Waals surface area contributed by atoms with Crippen LogP contribution in [0.1, 0.15) is 27.9 Å². The van der Waals surface area contributed by atoms with Gasteiger partial charge in [-0.1, -0.05) is 102 Å². The van der Waals surface area contributed by atoms with Gasteiger partial charge < -0.3 is 43.0 Å². The minimum Gasteiger partial charge on any atom is -0.497 e. The lowest BCUT2D eigenvalue weighted by Crippen LogP contribution is -2.39. The summed E-state index contributed by atoms with van der Waals surface area (Å²) >= 11 is 15.9. The second kappa shape index (κ2) is 23.9. The summed E-state index contributed by atoms with van der Waals surface area (Å²) in [6.07, 6.45) is 0.213. The number of carboxylic acid groups (broad SMARTS) is 1. The predicted octanol–water partition coefficient (Wildman–Crippen LogP) is 13.8. The van der Waals surface area contributed by atoms with E-state index in [1.54, 1.807) is 76.1 Å². The first-order valence-corrected chi connectivity index (χ1v) is 27.0. The first-order chi connectivity index (χ1) is 39.5. The molecule has 81 heavy (non-hydrogen) atoms. The van der Waals surface area contributed by atoms with Crippen LogP contribution in [0.5, 0.6) is 40.4 Å². The third-order valence-corrected chi connectivity index (χ3v) is 15.3. The van der Waals surface area contributed by atoms with Crippen molar-refractivity contribution in [3.05, 3.63) is 220 Å². The van der Waals surface area contributed by atoms with Crippen molar-refractivity contribution in [2.75, 3.05) is 34.5 Å². The average molecular weight is 1140 g/mol. The first-order valence-electron chi connectivity index (χ1n) is 25.4. The first kappa shape index (κ1) is 54.2. The van der Waals surface area contributed by atoms with Crippen molar-refractivity contribution >= 4 is 50.7 Å². The second-order valence-electron chi connectivity index (χ2n) is 18.6. The number of carboxylic acids is 1. The zero-order valence-electron chi connectivity index (χ0n) is 43.7. The van der Waals surface area contributed by atoms with Crippen LogP contribution in [0.2, 0.25) is 10.0 Å². The molecular weight excluding hydrogens is 1090 g/mol. The van der Waals surface area contributed by atoms with E-state index in [0.717, 1.165) is 16.7 Å². The van der Waals surface area contributed by atoms with Gasteiger partial charge in [-0.25, -0.2) is 29.1 Å². The molecule has 0 radical (unpaired) electrons. The number of aliphatic carboxylic acids is 1. The number of thiophene rings is 1. The summed E-state index contributed by atoms with van der Waals surface area (Å²) in [6, 6.07) is 48.7. The van der Waals surface area contributed by atoms with E-state index < -0.39 is 29.6 Å². The highest BCUT2D eigenvalue weighted by Crippen LogP contribution is 2.50. The van der Waals surface area contributed by atoms with Crippen molar-refractivity contribution < 1.29 is 52.2 Å². The monoisotopic (exact) mass is 1140 g/mol. The van der Waals surface area contributed by atoms with E-state index in [0.29, 0.717) is 83.2 Å². The van der Waals surface area contributed by atoms with Gasteiger partial charge in [0.1, 0.15) is 64.5 Å². The summed E-state index contributed by atoms with van der Waals surface area (Å²) < 4.78 is 65.2. The van der Waals surface area contributed by atoms with Crippen molar-refractivity contribution in [1.82, 2.24) is 19.9 Å². The van der Waals surface area contributed by atoms with Gasteiger partial charge in [0.2, 0.25) is 12.0 Å². The van der Waals surface area contributed by atoms with Crippen LogP contribution in [0, 0.1) is 5.82 Å². The van der Waals surface area contributed by atoms with E-state index in [-0.39, 0.29) is 47.9 Å². The Hall–Kier alpha value is -8.80. The van der Waals surface area contributed by atoms with Crippen LogP contribution in [-0.2, 0) is 28.2 Å². The highest BCUT2D eigenvalue weighted by molar-refractivity contribution is 7.22. The maximum absolute atomic E-state index is 14.5. The highest BCUT2D eigenvalue weighted by Gasteiger charge is 2.39. The van der Waals surface area contributed by atoms with Crippen LogP contribution in [0.4, 0.5) is 4.39 Å². The third-order valence-electron chi connectivity index (χ3n) is 13.6. The van der Waals surface area contributed by atoms with Crippen LogP contribution in [0.25, 0.3) is 43.2 Å². The number of hydrogen-bond acceptors (Lipinski definition) is 14. The minimum atomic E-state index is -1.55.